The summed E-state index contributed by atoms with van der Waals surface area (Å²) in [5.74, 6) is 0.358. The van der Waals surface area contributed by atoms with Gasteiger partial charge in [-0.05, 0) is 54.4 Å². The number of fused-ring (bicyclic) bond motifs is 1. The zero-order chi connectivity index (χ0) is 28.1. The molecule has 5 aromatic rings. The minimum Gasteiger partial charge on any atom is -0.495 e. The van der Waals surface area contributed by atoms with Crippen LogP contribution in [0.1, 0.15) is 32.0 Å². The van der Waals surface area contributed by atoms with E-state index in [0.29, 0.717) is 28.3 Å². The minimum atomic E-state index is -0.486. The first-order valence-corrected chi connectivity index (χ1v) is 12.5. The standard InChI is InChI=1S/C32H27N3O5/c1-20-9-7-12-23(17-20)32(37)40-25-16-15-21(18-27(25)39-3)19-33-35-31(36)30-28(22-10-5-4-6-11-22)24-13-8-14-26(38-2)29(24)34-30/h4-19,34H,1-3H3,(H,35,36). The highest BCUT2D eigenvalue weighted by atomic mass is 16.6. The molecule has 1 heterocycles. The van der Waals surface area contributed by atoms with Crippen LogP contribution in [0.2, 0.25) is 0 Å². The molecule has 0 radical (unpaired) electrons. The third kappa shape index (κ3) is 5.42. The number of nitrogens with one attached hydrogen (secondary N) is 2. The molecule has 0 unspecified atom stereocenters. The predicted octanol–water partition coefficient (Wildman–Crippen LogP) is 6.14. The van der Waals surface area contributed by atoms with Crippen LogP contribution in [0.25, 0.3) is 22.0 Å². The molecule has 0 saturated heterocycles. The van der Waals surface area contributed by atoms with Gasteiger partial charge in [0.15, 0.2) is 11.5 Å². The summed E-state index contributed by atoms with van der Waals surface area (Å²) in [7, 11) is 3.07. The summed E-state index contributed by atoms with van der Waals surface area (Å²) in [6.07, 6.45) is 1.48. The number of carbonyl (C=O) groups excluding carboxylic acids is 2. The van der Waals surface area contributed by atoms with Gasteiger partial charge in [0.1, 0.15) is 11.4 Å². The van der Waals surface area contributed by atoms with Crippen molar-refractivity contribution >= 4 is 29.0 Å². The largest absolute Gasteiger partial charge is 0.495 e. The Bertz CT molecular complexity index is 1720. The number of hydrogen-bond acceptors (Lipinski definition) is 6. The number of aromatic amines is 1. The lowest BCUT2D eigenvalue weighted by Crippen LogP contribution is -2.18. The van der Waals surface area contributed by atoms with Crippen LogP contribution in [0, 0.1) is 6.92 Å². The number of aryl methyl sites for hydroxylation is 1. The van der Waals surface area contributed by atoms with Crippen LogP contribution >= 0.6 is 0 Å². The minimum absolute atomic E-state index is 0.273. The molecule has 8 nitrogen and oxygen atoms in total. The fourth-order valence-electron chi connectivity index (χ4n) is 4.44. The number of benzene rings is 4. The van der Waals surface area contributed by atoms with Gasteiger partial charge in [0, 0.05) is 10.9 Å². The van der Waals surface area contributed by atoms with Crippen molar-refractivity contribution in [3.8, 4) is 28.4 Å². The number of carbonyl (C=O) groups is 2. The van der Waals surface area contributed by atoms with E-state index < -0.39 is 11.9 Å². The van der Waals surface area contributed by atoms with Crippen LogP contribution in [0.3, 0.4) is 0 Å². The SMILES string of the molecule is COc1cc(C=NNC(=O)c2[nH]c3c(OC)cccc3c2-c2ccccc2)ccc1OC(=O)c1cccc(C)c1. The summed E-state index contributed by atoms with van der Waals surface area (Å²) in [6, 6.07) is 27.5. The molecule has 40 heavy (non-hydrogen) atoms. The Balaban J connectivity index is 1.36. The van der Waals surface area contributed by atoms with Crippen molar-refractivity contribution in [3.63, 3.8) is 0 Å². The molecule has 200 valence electrons. The van der Waals surface area contributed by atoms with Crippen molar-refractivity contribution in [1.29, 1.82) is 0 Å². The normalized spacial score (nSPS) is 11.0. The molecule has 0 aliphatic rings. The zero-order valence-electron chi connectivity index (χ0n) is 22.2. The van der Waals surface area contributed by atoms with Gasteiger partial charge >= 0.3 is 5.97 Å². The van der Waals surface area contributed by atoms with Gasteiger partial charge in [-0.15, -0.1) is 0 Å². The molecule has 8 heteroatoms. The summed E-state index contributed by atoms with van der Waals surface area (Å²) in [5.41, 5.74) is 7.35. The number of hydrazone groups is 1. The lowest BCUT2D eigenvalue weighted by atomic mass is 10.0. The lowest BCUT2D eigenvalue weighted by molar-refractivity contribution is 0.0729. The fraction of sp³-hybridized carbons (Fsp3) is 0.0938. The van der Waals surface area contributed by atoms with Gasteiger partial charge in [0.05, 0.1) is 31.5 Å². The van der Waals surface area contributed by atoms with Crippen molar-refractivity contribution in [3.05, 3.63) is 113 Å². The fourth-order valence-corrected chi connectivity index (χ4v) is 4.44. The van der Waals surface area contributed by atoms with Crippen molar-refractivity contribution < 1.29 is 23.8 Å². The number of amides is 1. The molecule has 0 aliphatic carbocycles. The van der Waals surface area contributed by atoms with Gasteiger partial charge in [0.25, 0.3) is 5.91 Å². The quantitative estimate of drug-likeness (QED) is 0.108. The van der Waals surface area contributed by atoms with Crippen molar-refractivity contribution in [2.75, 3.05) is 14.2 Å². The van der Waals surface area contributed by atoms with E-state index in [1.54, 1.807) is 43.5 Å². The van der Waals surface area contributed by atoms with E-state index in [4.69, 9.17) is 14.2 Å². The average Bonchev–Trinajstić information content (AvgIpc) is 3.38. The Morgan fingerprint density at radius 1 is 0.825 bits per heavy atom. The Labute approximate surface area is 231 Å². The molecule has 0 fully saturated rings. The van der Waals surface area contributed by atoms with Gasteiger partial charge in [-0.3, -0.25) is 4.79 Å². The molecule has 0 aliphatic heterocycles. The second-order valence-corrected chi connectivity index (χ2v) is 8.99. The van der Waals surface area contributed by atoms with Gasteiger partial charge in [-0.1, -0.05) is 60.2 Å². The smallest absolute Gasteiger partial charge is 0.343 e. The number of aromatic nitrogens is 1. The number of methoxy groups -OCH3 is 2. The maximum Gasteiger partial charge on any atom is 0.343 e. The highest BCUT2D eigenvalue weighted by Crippen LogP contribution is 2.36. The van der Waals surface area contributed by atoms with Crippen LogP contribution in [-0.2, 0) is 0 Å². The molecule has 5 rings (SSSR count). The molecule has 0 bridgehead atoms. The number of nitrogens with zero attached hydrogens (tertiary/aromatic N) is 1. The second-order valence-electron chi connectivity index (χ2n) is 8.99. The van der Waals surface area contributed by atoms with Crippen LogP contribution in [-0.4, -0.2) is 37.3 Å². The average molecular weight is 534 g/mol. The van der Waals surface area contributed by atoms with Crippen LogP contribution in [0.4, 0.5) is 0 Å². The second kappa shape index (κ2) is 11.6. The van der Waals surface area contributed by atoms with Gasteiger partial charge in [-0.2, -0.15) is 5.10 Å². The first-order chi connectivity index (χ1) is 19.5. The monoisotopic (exact) mass is 533 g/mol. The molecular weight excluding hydrogens is 506 g/mol. The number of rotatable bonds is 8. The summed E-state index contributed by atoms with van der Waals surface area (Å²) in [4.78, 5) is 29.1. The zero-order valence-corrected chi connectivity index (χ0v) is 22.2. The molecule has 4 aromatic carbocycles. The van der Waals surface area contributed by atoms with Crippen molar-refractivity contribution in [2.24, 2.45) is 5.10 Å². The summed E-state index contributed by atoms with van der Waals surface area (Å²) in [5, 5.41) is 5.01. The molecule has 0 saturated carbocycles. The summed E-state index contributed by atoms with van der Waals surface area (Å²) >= 11 is 0. The lowest BCUT2D eigenvalue weighted by Gasteiger charge is -2.10. The Morgan fingerprint density at radius 2 is 1.60 bits per heavy atom. The van der Waals surface area contributed by atoms with Crippen LogP contribution in [0.15, 0.2) is 96.1 Å². The number of esters is 1. The molecule has 0 atom stereocenters. The number of H-pyrrole nitrogens is 1. The third-order valence-electron chi connectivity index (χ3n) is 6.33. The number of para-hydroxylation sites is 1. The maximum atomic E-state index is 13.3. The first-order valence-electron chi connectivity index (χ1n) is 12.5. The van der Waals surface area contributed by atoms with Crippen molar-refractivity contribution in [2.45, 2.75) is 6.92 Å². The molecule has 1 aromatic heterocycles. The highest BCUT2D eigenvalue weighted by Gasteiger charge is 2.21. The predicted molar refractivity (Wildman–Crippen MR) is 154 cm³/mol. The Morgan fingerprint density at radius 3 is 2.35 bits per heavy atom. The first kappa shape index (κ1) is 26.2. The van der Waals surface area contributed by atoms with E-state index >= 15 is 0 Å². The molecular formula is C32H27N3O5. The van der Waals surface area contributed by atoms with E-state index in [1.807, 2.05) is 61.5 Å². The Hall–Kier alpha value is -5.37. The Kier molecular flexibility index (Phi) is 7.59. The van der Waals surface area contributed by atoms with E-state index in [2.05, 4.69) is 15.5 Å². The van der Waals surface area contributed by atoms with Crippen molar-refractivity contribution in [1.82, 2.24) is 10.4 Å². The molecule has 2 N–H and O–H groups in total. The molecule has 1 amide bonds. The third-order valence-corrected chi connectivity index (χ3v) is 6.33. The van der Waals surface area contributed by atoms with Crippen LogP contribution in [0.5, 0.6) is 17.2 Å². The van der Waals surface area contributed by atoms with E-state index in [9.17, 15) is 9.59 Å². The van der Waals surface area contributed by atoms with E-state index in [1.165, 1.54) is 13.3 Å². The van der Waals surface area contributed by atoms with Gasteiger partial charge in [0.2, 0.25) is 0 Å². The van der Waals surface area contributed by atoms with Gasteiger partial charge < -0.3 is 19.2 Å². The topological polar surface area (TPSA) is 102 Å². The van der Waals surface area contributed by atoms with Gasteiger partial charge in [-0.25, -0.2) is 10.2 Å². The number of hydrogen-bond donors (Lipinski definition) is 2. The van der Waals surface area contributed by atoms with E-state index in [-0.39, 0.29) is 5.75 Å². The maximum absolute atomic E-state index is 13.3. The van der Waals surface area contributed by atoms with E-state index in [0.717, 1.165) is 27.6 Å². The molecule has 0 spiro atoms. The van der Waals surface area contributed by atoms with Crippen LogP contribution < -0.4 is 19.6 Å². The number of ether oxygens (including phenoxy) is 3. The summed E-state index contributed by atoms with van der Waals surface area (Å²) < 4.78 is 16.5. The summed E-state index contributed by atoms with van der Waals surface area (Å²) in [6.45, 7) is 1.90. The highest BCUT2D eigenvalue weighted by molar-refractivity contribution is 6.11.